The molecule has 0 spiro atoms. The van der Waals surface area contributed by atoms with Crippen LogP contribution >= 0.6 is 0 Å². The molecule has 2 aromatic rings. The van der Waals surface area contributed by atoms with Gasteiger partial charge in [0.15, 0.2) is 9.84 Å². The second kappa shape index (κ2) is 8.26. The molecule has 0 N–H and O–H groups in total. The highest BCUT2D eigenvalue weighted by Gasteiger charge is 2.32. The van der Waals surface area contributed by atoms with Gasteiger partial charge < -0.3 is 9.80 Å². The SMILES string of the molecule is Cc1nn(C2CCS(=O)(=O)C2)c(C)c1N1CCN(C(=O)/C=C/c2ccccc2)CC1. The van der Waals surface area contributed by atoms with Gasteiger partial charge in [-0.2, -0.15) is 5.10 Å². The van der Waals surface area contributed by atoms with Crippen LogP contribution in [0, 0.1) is 13.8 Å². The van der Waals surface area contributed by atoms with E-state index in [-0.39, 0.29) is 23.5 Å². The van der Waals surface area contributed by atoms with Crippen molar-refractivity contribution in [3.63, 3.8) is 0 Å². The third-order valence-electron chi connectivity index (χ3n) is 5.97. The van der Waals surface area contributed by atoms with E-state index in [1.54, 1.807) is 6.08 Å². The molecule has 0 aliphatic carbocycles. The van der Waals surface area contributed by atoms with Crippen molar-refractivity contribution in [2.45, 2.75) is 26.3 Å². The van der Waals surface area contributed by atoms with Gasteiger partial charge in [0.2, 0.25) is 5.91 Å². The highest BCUT2D eigenvalue weighted by atomic mass is 32.2. The molecule has 2 saturated heterocycles. The monoisotopic (exact) mass is 428 g/mol. The van der Waals surface area contributed by atoms with Gasteiger partial charge in [-0.3, -0.25) is 9.48 Å². The molecule has 2 aliphatic rings. The van der Waals surface area contributed by atoms with Gasteiger partial charge in [-0.05, 0) is 31.9 Å². The van der Waals surface area contributed by atoms with Crippen molar-refractivity contribution in [1.82, 2.24) is 14.7 Å². The summed E-state index contributed by atoms with van der Waals surface area (Å²) in [7, 11) is -2.96. The molecule has 30 heavy (non-hydrogen) atoms. The summed E-state index contributed by atoms with van der Waals surface area (Å²) in [6, 6.07) is 9.73. The van der Waals surface area contributed by atoms with Crippen molar-refractivity contribution < 1.29 is 13.2 Å². The quantitative estimate of drug-likeness (QED) is 0.698. The summed E-state index contributed by atoms with van der Waals surface area (Å²) >= 11 is 0. The number of aromatic nitrogens is 2. The second-order valence-corrected chi connectivity index (χ2v) is 10.3. The minimum Gasteiger partial charge on any atom is -0.365 e. The smallest absolute Gasteiger partial charge is 0.246 e. The Labute approximate surface area is 177 Å². The summed E-state index contributed by atoms with van der Waals surface area (Å²) in [6.07, 6.45) is 4.11. The molecule has 7 nitrogen and oxygen atoms in total. The molecule has 4 rings (SSSR count). The first-order valence-corrected chi connectivity index (χ1v) is 12.2. The molecule has 1 unspecified atom stereocenters. The normalized spacial score (nSPS) is 21.5. The minimum absolute atomic E-state index is 0.0267. The number of carbonyl (C=O) groups excluding carboxylic acids is 1. The molecule has 1 atom stereocenters. The van der Waals surface area contributed by atoms with E-state index in [0.717, 1.165) is 35.7 Å². The van der Waals surface area contributed by atoms with Crippen LogP contribution in [0.25, 0.3) is 6.08 Å². The van der Waals surface area contributed by atoms with Gasteiger partial charge in [0.25, 0.3) is 0 Å². The highest BCUT2D eigenvalue weighted by molar-refractivity contribution is 7.91. The molecular weight excluding hydrogens is 400 g/mol. The lowest BCUT2D eigenvalue weighted by molar-refractivity contribution is -0.126. The van der Waals surface area contributed by atoms with E-state index in [0.29, 0.717) is 19.5 Å². The van der Waals surface area contributed by atoms with Crippen molar-refractivity contribution in [3.05, 3.63) is 53.4 Å². The Morgan fingerprint density at radius 2 is 1.80 bits per heavy atom. The summed E-state index contributed by atoms with van der Waals surface area (Å²) in [4.78, 5) is 16.7. The molecule has 0 bridgehead atoms. The molecular formula is C22H28N4O3S. The van der Waals surface area contributed by atoms with Crippen LogP contribution in [-0.4, -0.2) is 66.7 Å². The average Bonchev–Trinajstić information content (AvgIpc) is 3.25. The largest absolute Gasteiger partial charge is 0.365 e. The summed E-state index contributed by atoms with van der Waals surface area (Å²) < 4.78 is 25.6. The van der Waals surface area contributed by atoms with Crippen LogP contribution < -0.4 is 4.90 Å². The lowest BCUT2D eigenvalue weighted by Crippen LogP contribution is -2.48. The maximum absolute atomic E-state index is 12.5. The standard InChI is InChI=1S/C22H28N4O3S/c1-17-22(18(2)26(23-17)20-10-15-30(28,29)16-20)25-13-11-24(12-14-25)21(27)9-8-19-6-4-3-5-7-19/h3-9,20H,10-16H2,1-2H3/b9-8+. The Morgan fingerprint density at radius 3 is 2.43 bits per heavy atom. The number of piperazine rings is 1. The molecule has 1 amide bonds. The van der Waals surface area contributed by atoms with E-state index in [1.165, 1.54) is 0 Å². The number of hydrogen-bond acceptors (Lipinski definition) is 5. The first-order valence-electron chi connectivity index (χ1n) is 10.4. The summed E-state index contributed by atoms with van der Waals surface area (Å²) in [5.74, 6) is 0.436. The van der Waals surface area contributed by atoms with Gasteiger partial charge in [0.05, 0.1) is 34.6 Å². The van der Waals surface area contributed by atoms with Gasteiger partial charge >= 0.3 is 0 Å². The summed E-state index contributed by atoms with van der Waals surface area (Å²) in [6.45, 7) is 6.77. The number of sulfone groups is 1. The van der Waals surface area contributed by atoms with Crippen molar-refractivity contribution in [3.8, 4) is 0 Å². The van der Waals surface area contributed by atoms with Crippen molar-refractivity contribution in [2.75, 3.05) is 42.6 Å². The lowest BCUT2D eigenvalue weighted by atomic mass is 10.2. The predicted molar refractivity (Wildman–Crippen MR) is 118 cm³/mol. The van der Waals surface area contributed by atoms with Gasteiger partial charge in [-0.25, -0.2) is 8.42 Å². The Bertz CT molecular complexity index is 1050. The summed E-state index contributed by atoms with van der Waals surface area (Å²) in [5, 5.41) is 4.67. The van der Waals surface area contributed by atoms with Crippen LogP contribution in [0.5, 0.6) is 0 Å². The lowest BCUT2D eigenvalue weighted by Gasteiger charge is -2.35. The van der Waals surface area contributed by atoms with Crippen LogP contribution in [0.15, 0.2) is 36.4 Å². The fourth-order valence-corrected chi connectivity index (χ4v) is 6.12. The Hall–Kier alpha value is -2.61. The third-order valence-corrected chi connectivity index (χ3v) is 7.72. The average molecular weight is 429 g/mol. The fraction of sp³-hybridized carbons (Fsp3) is 0.455. The Morgan fingerprint density at radius 1 is 1.10 bits per heavy atom. The van der Waals surface area contributed by atoms with E-state index < -0.39 is 9.84 Å². The first kappa shape index (κ1) is 20.7. The third kappa shape index (κ3) is 4.28. The van der Waals surface area contributed by atoms with Gasteiger partial charge in [-0.1, -0.05) is 30.3 Å². The van der Waals surface area contributed by atoms with Crippen molar-refractivity contribution in [1.29, 1.82) is 0 Å². The number of aryl methyl sites for hydroxylation is 1. The number of carbonyl (C=O) groups is 1. The molecule has 0 saturated carbocycles. The zero-order valence-electron chi connectivity index (χ0n) is 17.5. The number of anilines is 1. The maximum atomic E-state index is 12.5. The molecule has 160 valence electrons. The van der Waals surface area contributed by atoms with Crippen LogP contribution in [0.1, 0.15) is 29.4 Å². The molecule has 1 aromatic heterocycles. The number of benzene rings is 1. The van der Waals surface area contributed by atoms with Gasteiger partial charge in [-0.15, -0.1) is 0 Å². The first-order chi connectivity index (χ1) is 14.3. The topological polar surface area (TPSA) is 75.5 Å². The number of hydrogen-bond donors (Lipinski definition) is 0. The maximum Gasteiger partial charge on any atom is 0.246 e. The van der Waals surface area contributed by atoms with Gasteiger partial charge in [0.1, 0.15) is 0 Å². The number of rotatable bonds is 4. The second-order valence-electron chi connectivity index (χ2n) is 8.08. The van der Waals surface area contributed by atoms with Crippen molar-refractivity contribution >= 4 is 27.5 Å². The van der Waals surface area contributed by atoms with Gasteiger partial charge in [0, 0.05) is 32.3 Å². The van der Waals surface area contributed by atoms with Crippen LogP contribution in [0.2, 0.25) is 0 Å². The molecule has 8 heteroatoms. The highest BCUT2D eigenvalue weighted by Crippen LogP contribution is 2.31. The van der Waals surface area contributed by atoms with E-state index in [4.69, 9.17) is 0 Å². The Kier molecular flexibility index (Phi) is 5.69. The van der Waals surface area contributed by atoms with E-state index in [1.807, 2.05) is 59.8 Å². The molecule has 2 aliphatic heterocycles. The van der Waals surface area contributed by atoms with Crippen LogP contribution in [0.4, 0.5) is 5.69 Å². The summed E-state index contributed by atoms with van der Waals surface area (Å²) in [5.41, 5.74) is 4.02. The number of amides is 1. The Balaban J connectivity index is 1.41. The predicted octanol–water partition coefficient (Wildman–Crippen LogP) is 2.22. The molecule has 3 heterocycles. The van der Waals surface area contributed by atoms with Crippen molar-refractivity contribution in [2.24, 2.45) is 0 Å². The molecule has 0 radical (unpaired) electrons. The minimum atomic E-state index is -2.96. The zero-order valence-corrected chi connectivity index (χ0v) is 18.3. The van der Waals surface area contributed by atoms with Crippen LogP contribution in [0.3, 0.4) is 0 Å². The van der Waals surface area contributed by atoms with E-state index in [2.05, 4.69) is 10.00 Å². The molecule has 1 aromatic carbocycles. The zero-order chi connectivity index (χ0) is 21.3. The van der Waals surface area contributed by atoms with E-state index >= 15 is 0 Å². The number of nitrogens with zero attached hydrogens (tertiary/aromatic N) is 4. The fourth-order valence-electron chi connectivity index (χ4n) is 4.42. The molecule has 2 fully saturated rings. The van der Waals surface area contributed by atoms with Crippen LogP contribution in [-0.2, 0) is 14.6 Å². The van der Waals surface area contributed by atoms with E-state index in [9.17, 15) is 13.2 Å².